The standard InChI is InChI=1S/C38H26N4/c1-3-12-27(13-4-1)29-16-11-17-30(26-29)38-40-39-37(28-14-5-2-6-15-28)42(38)32-24-22-31(23-25-32)41-35-20-9-7-18-33(35)34-19-8-10-21-36(34)41/h1-26H. The van der Waals surface area contributed by atoms with E-state index in [1.54, 1.807) is 0 Å². The monoisotopic (exact) mass is 538 g/mol. The van der Waals surface area contributed by atoms with Crippen LogP contribution in [0, 0.1) is 0 Å². The van der Waals surface area contributed by atoms with Crippen LogP contribution in [0.1, 0.15) is 0 Å². The first-order valence-electron chi connectivity index (χ1n) is 14.1. The molecule has 0 unspecified atom stereocenters. The summed E-state index contributed by atoms with van der Waals surface area (Å²) in [6.07, 6.45) is 0. The fourth-order valence-corrected chi connectivity index (χ4v) is 5.91. The Bertz CT molecular complexity index is 2120. The number of para-hydroxylation sites is 2. The second-order valence-electron chi connectivity index (χ2n) is 10.4. The first-order chi connectivity index (χ1) is 20.8. The van der Waals surface area contributed by atoms with Crippen LogP contribution in [0.15, 0.2) is 158 Å². The van der Waals surface area contributed by atoms with Gasteiger partial charge in [0.05, 0.1) is 11.0 Å². The lowest BCUT2D eigenvalue weighted by molar-refractivity contribution is 1.07. The molecule has 0 spiro atoms. The third kappa shape index (κ3) is 4.01. The molecule has 8 aromatic rings. The van der Waals surface area contributed by atoms with E-state index in [-0.39, 0.29) is 0 Å². The Hall–Kier alpha value is -5.74. The maximum Gasteiger partial charge on any atom is 0.168 e. The molecule has 0 aliphatic heterocycles. The van der Waals surface area contributed by atoms with Crippen LogP contribution in [0.5, 0.6) is 0 Å². The molecule has 42 heavy (non-hydrogen) atoms. The average Bonchev–Trinajstić information content (AvgIpc) is 3.66. The zero-order chi connectivity index (χ0) is 27.9. The number of nitrogens with zero attached hydrogens (tertiary/aromatic N) is 4. The average molecular weight is 539 g/mol. The second kappa shape index (κ2) is 10.0. The molecule has 0 saturated heterocycles. The predicted molar refractivity (Wildman–Crippen MR) is 172 cm³/mol. The van der Waals surface area contributed by atoms with E-state index in [1.807, 2.05) is 24.3 Å². The third-order valence-electron chi connectivity index (χ3n) is 7.87. The van der Waals surface area contributed by atoms with Crippen LogP contribution < -0.4 is 0 Å². The summed E-state index contributed by atoms with van der Waals surface area (Å²) >= 11 is 0. The molecule has 2 heterocycles. The van der Waals surface area contributed by atoms with Crippen molar-refractivity contribution in [1.82, 2.24) is 19.3 Å². The zero-order valence-corrected chi connectivity index (χ0v) is 22.8. The number of hydrogen-bond donors (Lipinski definition) is 0. The highest BCUT2D eigenvalue weighted by molar-refractivity contribution is 6.09. The van der Waals surface area contributed by atoms with Crippen LogP contribution in [0.2, 0.25) is 0 Å². The molecule has 0 saturated carbocycles. The summed E-state index contributed by atoms with van der Waals surface area (Å²) in [4.78, 5) is 0. The van der Waals surface area contributed by atoms with Gasteiger partial charge >= 0.3 is 0 Å². The van der Waals surface area contributed by atoms with Crippen LogP contribution in [-0.4, -0.2) is 19.3 Å². The maximum absolute atomic E-state index is 4.74. The van der Waals surface area contributed by atoms with Gasteiger partial charge in [-0.1, -0.05) is 115 Å². The number of benzene rings is 6. The molecule has 2 aromatic heterocycles. The van der Waals surface area contributed by atoms with Gasteiger partial charge in [-0.25, -0.2) is 0 Å². The Morgan fingerprint density at radius 2 is 0.786 bits per heavy atom. The van der Waals surface area contributed by atoms with Crippen molar-refractivity contribution in [3.8, 4) is 45.3 Å². The molecule has 4 heteroatoms. The van der Waals surface area contributed by atoms with Crippen LogP contribution in [0.4, 0.5) is 0 Å². The molecule has 6 aromatic carbocycles. The van der Waals surface area contributed by atoms with E-state index in [0.29, 0.717) is 0 Å². The first kappa shape index (κ1) is 24.1. The summed E-state index contributed by atoms with van der Waals surface area (Å²) in [7, 11) is 0. The Balaban J connectivity index is 1.29. The lowest BCUT2D eigenvalue weighted by Crippen LogP contribution is -2.01. The van der Waals surface area contributed by atoms with Crippen molar-refractivity contribution < 1.29 is 0 Å². The van der Waals surface area contributed by atoms with Crippen molar-refractivity contribution >= 4 is 21.8 Å². The highest BCUT2D eigenvalue weighted by Gasteiger charge is 2.18. The number of fused-ring (bicyclic) bond motifs is 3. The zero-order valence-electron chi connectivity index (χ0n) is 22.8. The lowest BCUT2D eigenvalue weighted by atomic mass is 10.0. The van der Waals surface area contributed by atoms with Gasteiger partial charge < -0.3 is 4.57 Å². The molecule has 4 nitrogen and oxygen atoms in total. The summed E-state index contributed by atoms with van der Waals surface area (Å²) in [6.45, 7) is 0. The van der Waals surface area contributed by atoms with Gasteiger partial charge in [0, 0.05) is 33.3 Å². The van der Waals surface area contributed by atoms with Crippen molar-refractivity contribution in [2.45, 2.75) is 0 Å². The normalized spacial score (nSPS) is 11.3. The molecule has 198 valence electrons. The Morgan fingerprint density at radius 3 is 1.40 bits per heavy atom. The van der Waals surface area contributed by atoms with Gasteiger partial charge in [-0.2, -0.15) is 0 Å². The van der Waals surface area contributed by atoms with Crippen LogP contribution in [0.25, 0.3) is 67.1 Å². The van der Waals surface area contributed by atoms with E-state index in [2.05, 4.69) is 143 Å². The van der Waals surface area contributed by atoms with Gasteiger partial charge in [0.2, 0.25) is 0 Å². The van der Waals surface area contributed by atoms with Gasteiger partial charge in [0.1, 0.15) is 0 Å². The Morgan fingerprint density at radius 1 is 0.333 bits per heavy atom. The highest BCUT2D eigenvalue weighted by Crippen LogP contribution is 2.34. The van der Waals surface area contributed by atoms with Gasteiger partial charge in [-0.15, -0.1) is 10.2 Å². The van der Waals surface area contributed by atoms with Crippen molar-refractivity contribution in [1.29, 1.82) is 0 Å². The van der Waals surface area contributed by atoms with E-state index in [9.17, 15) is 0 Å². The summed E-state index contributed by atoms with van der Waals surface area (Å²) in [5, 5.41) is 11.9. The van der Waals surface area contributed by atoms with Crippen LogP contribution in [0.3, 0.4) is 0 Å². The molecular weight excluding hydrogens is 512 g/mol. The van der Waals surface area contributed by atoms with E-state index in [0.717, 1.165) is 39.7 Å². The smallest absolute Gasteiger partial charge is 0.168 e. The summed E-state index contributed by atoms with van der Waals surface area (Å²) in [6, 6.07) is 55.1. The molecule has 0 aliphatic carbocycles. The predicted octanol–water partition coefficient (Wildman–Crippen LogP) is 9.37. The SMILES string of the molecule is c1ccc(-c2cccc(-c3nnc(-c4ccccc4)n3-c3ccc(-n4c5ccccc5c5ccccc54)cc3)c2)cc1. The van der Waals surface area contributed by atoms with Crippen LogP contribution in [-0.2, 0) is 0 Å². The molecule has 8 rings (SSSR count). The molecule has 0 aliphatic rings. The molecule has 0 fully saturated rings. The topological polar surface area (TPSA) is 35.6 Å². The number of hydrogen-bond acceptors (Lipinski definition) is 2. The second-order valence-corrected chi connectivity index (χ2v) is 10.4. The quantitative estimate of drug-likeness (QED) is 0.219. The van der Waals surface area contributed by atoms with Gasteiger partial charge in [-0.3, -0.25) is 4.57 Å². The van der Waals surface area contributed by atoms with Crippen LogP contribution >= 0.6 is 0 Å². The van der Waals surface area contributed by atoms with Crippen molar-refractivity contribution in [3.63, 3.8) is 0 Å². The Labute approximate surface area is 243 Å². The molecular formula is C38H26N4. The molecule has 0 atom stereocenters. The molecule has 0 bridgehead atoms. The lowest BCUT2D eigenvalue weighted by Gasteiger charge is -2.14. The highest BCUT2D eigenvalue weighted by atomic mass is 15.3. The molecule has 0 N–H and O–H groups in total. The van der Waals surface area contributed by atoms with Crippen molar-refractivity contribution in [2.24, 2.45) is 0 Å². The summed E-state index contributed by atoms with van der Waals surface area (Å²) in [5.74, 6) is 1.61. The summed E-state index contributed by atoms with van der Waals surface area (Å²) in [5.41, 5.74) is 8.84. The third-order valence-corrected chi connectivity index (χ3v) is 7.87. The summed E-state index contributed by atoms with van der Waals surface area (Å²) < 4.78 is 4.50. The number of rotatable bonds is 5. The van der Waals surface area contributed by atoms with Gasteiger partial charge in [0.15, 0.2) is 11.6 Å². The van der Waals surface area contributed by atoms with E-state index in [4.69, 9.17) is 10.2 Å². The minimum atomic E-state index is 0.802. The minimum absolute atomic E-state index is 0.802. The Kier molecular flexibility index (Phi) is 5.75. The van der Waals surface area contributed by atoms with E-state index < -0.39 is 0 Å². The van der Waals surface area contributed by atoms with E-state index >= 15 is 0 Å². The van der Waals surface area contributed by atoms with Gasteiger partial charge in [0.25, 0.3) is 0 Å². The van der Waals surface area contributed by atoms with Crippen molar-refractivity contribution in [3.05, 3.63) is 158 Å². The van der Waals surface area contributed by atoms with Crippen molar-refractivity contribution in [2.75, 3.05) is 0 Å². The first-order valence-corrected chi connectivity index (χ1v) is 14.1. The van der Waals surface area contributed by atoms with Gasteiger partial charge in [-0.05, 0) is 53.6 Å². The fraction of sp³-hybridized carbons (Fsp3) is 0. The fourth-order valence-electron chi connectivity index (χ4n) is 5.91. The largest absolute Gasteiger partial charge is 0.309 e. The number of aromatic nitrogens is 4. The molecule has 0 amide bonds. The molecule has 0 radical (unpaired) electrons. The minimum Gasteiger partial charge on any atom is -0.309 e. The maximum atomic E-state index is 4.74. The van der Waals surface area contributed by atoms with E-state index in [1.165, 1.54) is 27.4 Å².